The van der Waals surface area contributed by atoms with Gasteiger partial charge in [-0.1, -0.05) is 30.3 Å². The van der Waals surface area contributed by atoms with Crippen LogP contribution in [0.25, 0.3) is 0 Å². The molecule has 1 aliphatic rings. The number of hydrogen-bond donors (Lipinski definition) is 0. The highest BCUT2D eigenvalue weighted by Gasteiger charge is 2.25. The van der Waals surface area contributed by atoms with E-state index in [9.17, 15) is 18.4 Å². The number of carbonyl (C=O) groups is 2. The van der Waals surface area contributed by atoms with Gasteiger partial charge in [0.25, 0.3) is 0 Å². The lowest BCUT2D eigenvalue weighted by molar-refractivity contribution is -0.140. The number of anilines is 1. The molecule has 1 heterocycles. The molecule has 0 spiro atoms. The third-order valence-corrected chi connectivity index (χ3v) is 4.92. The lowest BCUT2D eigenvalue weighted by atomic mass is 10.2. The summed E-state index contributed by atoms with van der Waals surface area (Å²) in [5, 5.41) is 0. The van der Waals surface area contributed by atoms with Gasteiger partial charge in [-0.05, 0) is 18.2 Å². The maximum Gasteiger partial charge on any atom is 0.242 e. The predicted molar refractivity (Wildman–Crippen MR) is 103 cm³/mol. The molecule has 0 saturated carbocycles. The van der Waals surface area contributed by atoms with Gasteiger partial charge in [0.2, 0.25) is 11.8 Å². The van der Waals surface area contributed by atoms with Crippen LogP contribution >= 0.6 is 0 Å². The molecule has 28 heavy (non-hydrogen) atoms. The second kappa shape index (κ2) is 8.82. The maximum absolute atomic E-state index is 13.9. The van der Waals surface area contributed by atoms with Gasteiger partial charge in [-0.2, -0.15) is 0 Å². The van der Waals surface area contributed by atoms with Crippen LogP contribution in [0.15, 0.2) is 48.5 Å². The van der Waals surface area contributed by atoms with Gasteiger partial charge in [0.05, 0.1) is 5.69 Å². The standard InChI is InChI=1S/C21H23F2N3O2/c1-16(27)26(14-17-6-2-3-7-18(17)22)15-21(28)25-12-10-24(11-13-25)20-9-5-4-8-19(20)23/h2-9H,10-15H2,1H3. The second-order valence-electron chi connectivity index (χ2n) is 6.79. The quantitative estimate of drug-likeness (QED) is 0.792. The van der Waals surface area contributed by atoms with Crippen LogP contribution in [0.1, 0.15) is 12.5 Å². The molecule has 0 N–H and O–H groups in total. The summed E-state index contributed by atoms with van der Waals surface area (Å²) in [6, 6.07) is 12.8. The van der Waals surface area contributed by atoms with Crippen LogP contribution in [0.2, 0.25) is 0 Å². The van der Waals surface area contributed by atoms with Crippen molar-refractivity contribution in [3.8, 4) is 0 Å². The van der Waals surface area contributed by atoms with Crippen molar-refractivity contribution >= 4 is 17.5 Å². The molecule has 0 aliphatic carbocycles. The van der Waals surface area contributed by atoms with Crippen LogP contribution in [-0.4, -0.2) is 54.3 Å². The molecule has 1 saturated heterocycles. The van der Waals surface area contributed by atoms with E-state index < -0.39 is 5.82 Å². The Hall–Kier alpha value is -2.96. The third-order valence-electron chi connectivity index (χ3n) is 4.92. The topological polar surface area (TPSA) is 43.9 Å². The minimum atomic E-state index is -0.403. The van der Waals surface area contributed by atoms with Crippen LogP contribution in [0.3, 0.4) is 0 Å². The minimum Gasteiger partial charge on any atom is -0.366 e. The van der Waals surface area contributed by atoms with Crippen LogP contribution in [0.5, 0.6) is 0 Å². The summed E-state index contributed by atoms with van der Waals surface area (Å²) in [5.41, 5.74) is 0.898. The molecule has 2 aromatic carbocycles. The van der Waals surface area contributed by atoms with Gasteiger partial charge in [0, 0.05) is 45.2 Å². The molecule has 148 valence electrons. The average molecular weight is 387 g/mol. The number of hydrogen-bond acceptors (Lipinski definition) is 3. The zero-order valence-electron chi connectivity index (χ0n) is 15.8. The average Bonchev–Trinajstić information content (AvgIpc) is 2.69. The highest BCUT2D eigenvalue weighted by atomic mass is 19.1. The van der Waals surface area contributed by atoms with E-state index in [1.165, 1.54) is 24.0 Å². The van der Waals surface area contributed by atoms with Crippen molar-refractivity contribution in [2.24, 2.45) is 0 Å². The van der Waals surface area contributed by atoms with Crippen molar-refractivity contribution in [1.82, 2.24) is 9.80 Å². The van der Waals surface area contributed by atoms with Crippen molar-refractivity contribution in [3.63, 3.8) is 0 Å². The van der Waals surface area contributed by atoms with E-state index in [1.54, 1.807) is 41.3 Å². The molecule has 0 radical (unpaired) electrons. The van der Waals surface area contributed by atoms with Gasteiger partial charge in [0.15, 0.2) is 0 Å². The Morgan fingerprint density at radius 3 is 2.14 bits per heavy atom. The normalized spacial score (nSPS) is 14.1. The van der Waals surface area contributed by atoms with E-state index >= 15 is 0 Å². The highest BCUT2D eigenvalue weighted by molar-refractivity contribution is 5.84. The van der Waals surface area contributed by atoms with Crippen LogP contribution in [-0.2, 0) is 16.1 Å². The summed E-state index contributed by atoms with van der Waals surface area (Å²) in [6.07, 6.45) is 0. The SMILES string of the molecule is CC(=O)N(CC(=O)N1CCN(c2ccccc2F)CC1)Cc1ccccc1F. The summed E-state index contributed by atoms with van der Waals surface area (Å²) in [6.45, 7) is 3.22. The molecular formula is C21H23F2N3O2. The Kier molecular flexibility index (Phi) is 6.23. The molecule has 0 atom stereocenters. The van der Waals surface area contributed by atoms with Gasteiger partial charge in [0.1, 0.15) is 18.2 Å². The first-order valence-corrected chi connectivity index (χ1v) is 9.22. The first-order chi connectivity index (χ1) is 13.5. The Balaban J connectivity index is 1.59. The van der Waals surface area contributed by atoms with Crippen molar-refractivity contribution < 1.29 is 18.4 Å². The van der Waals surface area contributed by atoms with Crippen LogP contribution < -0.4 is 4.90 Å². The summed E-state index contributed by atoms with van der Waals surface area (Å²) >= 11 is 0. The van der Waals surface area contributed by atoms with E-state index in [4.69, 9.17) is 0 Å². The maximum atomic E-state index is 13.9. The van der Waals surface area contributed by atoms with Gasteiger partial charge < -0.3 is 14.7 Å². The molecule has 0 bridgehead atoms. The summed E-state index contributed by atoms with van der Waals surface area (Å²) < 4.78 is 27.8. The van der Waals surface area contributed by atoms with Crippen molar-refractivity contribution in [2.45, 2.75) is 13.5 Å². The first-order valence-electron chi connectivity index (χ1n) is 9.22. The lowest BCUT2D eigenvalue weighted by Gasteiger charge is -2.37. The fraction of sp³-hybridized carbons (Fsp3) is 0.333. The largest absolute Gasteiger partial charge is 0.366 e. The molecule has 5 nitrogen and oxygen atoms in total. The zero-order valence-corrected chi connectivity index (χ0v) is 15.8. The molecule has 7 heteroatoms. The number of benzene rings is 2. The fourth-order valence-electron chi connectivity index (χ4n) is 3.28. The number of piperazine rings is 1. The molecule has 1 aliphatic heterocycles. The number of nitrogens with zero attached hydrogens (tertiary/aromatic N) is 3. The van der Waals surface area contributed by atoms with E-state index in [0.29, 0.717) is 37.4 Å². The lowest BCUT2D eigenvalue weighted by Crippen LogP contribution is -2.51. The van der Waals surface area contributed by atoms with E-state index in [2.05, 4.69) is 0 Å². The zero-order chi connectivity index (χ0) is 20.1. The molecule has 3 rings (SSSR count). The summed E-state index contributed by atoms with van der Waals surface area (Å²) in [5.74, 6) is -1.17. The van der Waals surface area contributed by atoms with Crippen molar-refractivity contribution in [1.29, 1.82) is 0 Å². The highest BCUT2D eigenvalue weighted by Crippen LogP contribution is 2.20. The minimum absolute atomic E-state index is 0.0446. The van der Waals surface area contributed by atoms with Crippen molar-refractivity contribution in [2.75, 3.05) is 37.6 Å². The second-order valence-corrected chi connectivity index (χ2v) is 6.79. The van der Waals surface area contributed by atoms with Gasteiger partial charge in [-0.15, -0.1) is 0 Å². The molecular weight excluding hydrogens is 364 g/mol. The van der Waals surface area contributed by atoms with E-state index in [0.717, 1.165) is 0 Å². The smallest absolute Gasteiger partial charge is 0.242 e. The molecule has 0 aromatic heterocycles. The predicted octanol–water partition coefficient (Wildman–Crippen LogP) is 2.66. The van der Waals surface area contributed by atoms with E-state index in [1.807, 2.05) is 4.90 Å². The molecule has 0 unspecified atom stereocenters. The fourth-order valence-corrected chi connectivity index (χ4v) is 3.28. The van der Waals surface area contributed by atoms with Gasteiger partial charge in [-0.3, -0.25) is 9.59 Å². The number of rotatable bonds is 5. The Morgan fingerprint density at radius 2 is 1.54 bits per heavy atom. The Bertz CT molecular complexity index is 851. The number of carbonyl (C=O) groups excluding carboxylic acids is 2. The van der Waals surface area contributed by atoms with E-state index in [-0.39, 0.29) is 30.7 Å². The van der Waals surface area contributed by atoms with Gasteiger partial charge >= 0.3 is 0 Å². The van der Waals surface area contributed by atoms with Crippen LogP contribution in [0, 0.1) is 11.6 Å². The molecule has 2 amide bonds. The summed E-state index contributed by atoms with van der Waals surface area (Å²) in [4.78, 5) is 29.5. The number of halogens is 2. The monoisotopic (exact) mass is 387 g/mol. The summed E-state index contributed by atoms with van der Waals surface area (Å²) in [7, 11) is 0. The Morgan fingerprint density at radius 1 is 0.929 bits per heavy atom. The van der Waals surface area contributed by atoms with Crippen LogP contribution in [0.4, 0.5) is 14.5 Å². The van der Waals surface area contributed by atoms with Gasteiger partial charge in [-0.25, -0.2) is 8.78 Å². The number of amides is 2. The van der Waals surface area contributed by atoms with Crippen molar-refractivity contribution in [3.05, 3.63) is 65.7 Å². The number of para-hydroxylation sites is 1. The third kappa shape index (κ3) is 4.65. The molecule has 1 fully saturated rings. The first kappa shape index (κ1) is 19.8. The molecule has 2 aromatic rings. The Labute approximate surface area is 163 Å².